The third-order valence-corrected chi connectivity index (χ3v) is 2.72. The van der Waals surface area contributed by atoms with Crippen molar-refractivity contribution in [2.75, 3.05) is 0 Å². The second-order valence-electron chi connectivity index (χ2n) is 4.59. The van der Waals surface area contributed by atoms with Crippen molar-refractivity contribution in [3.05, 3.63) is 35.6 Å². The molecule has 0 heterocycles. The van der Waals surface area contributed by atoms with Gasteiger partial charge in [-0.2, -0.15) is 0 Å². The first-order chi connectivity index (χ1) is 7.52. The van der Waals surface area contributed by atoms with Crippen molar-refractivity contribution >= 4 is 0 Å². The van der Waals surface area contributed by atoms with Crippen LogP contribution in [0.1, 0.15) is 38.3 Å². The lowest BCUT2D eigenvalue weighted by molar-refractivity contribution is 0.127. The highest BCUT2D eigenvalue weighted by Crippen LogP contribution is 2.21. The van der Waals surface area contributed by atoms with E-state index < -0.39 is 12.1 Å². The first-order valence-corrected chi connectivity index (χ1v) is 5.70. The maximum Gasteiger partial charge on any atom is 0.128 e. The van der Waals surface area contributed by atoms with Gasteiger partial charge in [-0.25, -0.2) is 4.39 Å². The zero-order chi connectivity index (χ0) is 12.1. The van der Waals surface area contributed by atoms with Crippen molar-refractivity contribution in [1.29, 1.82) is 0 Å². The molecule has 0 aliphatic heterocycles. The van der Waals surface area contributed by atoms with Crippen LogP contribution in [0.15, 0.2) is 24.3 Å². The number of aliphatic hydroxyl groups excluding tert-OH is 1. The molecule has 0 saturated heterocycles. The molecule has 0 fully saturated rings. The number of hydrogen-bond donors (Lipinski definition) is 2. The van der Waals surface area contributed by atoms with Gasteiger partial charge < -0.3 is 10.8 Å². The van der Waals surface area contributed by atoms with Gasteiger partial charge in [-0.05, 0) is 24.8 Å². The molecule has 1 rings (SSSR count). The predicted octanol–water partition coefficient (Wildman–Crippen LogP) is 2.62. The smallest absolute Gasteiger partial charge is 0.128 e. The molecule has 2 nitrogen and oxygen atoms in total. The Bertz CT molecular complexity index is 327. The first-order valence-electron chi connectivity index (χ1n) is 5.70. The van der Waals surface area contributed by atoms with Crippen LogP contribution in [0.2, 0.25) is 0 Å². The maximum atomic E-state index is 13.4. The van der Waals surface area contributed by atoms with Crippen molar-refractivity contribution < 1.29 is 9.50 Å². The molecule has 0 aliphatic rings. The Hall–Kier alpha value is -0.930. The van der Waals surface area contributed by atoms with Crippen LogP contribution in [0.4, 0.5) is 4.39 Å². The lowest BCUT2D eigenvalue weighted by Crippen LogP contribution is -2.27. The summed E-state index contributed by atoms with van der Waals surface area (Å²) >= 11 is 0. The van der Waals surface area contributed by atoms with Gasteiger partial charge in [-0.1, -0.05) is 32.0 Å². The van der Waals surface area contributed by atoms with E-state index >= 15 is 0 Å². The molecule has 0 aromatic heterocycles. The molecule has 90 valence electrons. The molecule has 0 spiro atoms. The summed E-state index contributed by atoms with van der Waals surface area (Å²) in [4.78, 5) is 0. The predicted molar refractivity (Wildman–Crippen MR) is 63.4 cm³/mol. The number of benzene rings is 1. The Labute approximate surface area is 96.3 Å². The molecule has 0 amide bonds. The lowest BCUT2D eigenvalue weighted by atomic mass is 9.96. The molecule has 0 radical (unpaired) electrons. The fourth-order valence-corrected chi connectivity index (χ4v) is 1.64. The quantitative estimate of drug-likeness (QED) is 0.809. The highest BCUT2D eigenvalue weighted by atomic mass is 19.1. The second kappa shape index (κ2) is 5.97. The zero-order valence-corrected chi connectivity index (χ0v) is 9.86. The Balaban J connectivity index is 2.63. The molecular weight excluding hydrogens is 205 g/mol. The van der Waals surface area contributed by atoms with E-state index in [0.717, 1.165) is 6.42 Å². The van der Waals surface area contributed by atoms with Crippen molar-refractivity contribution in [2.24, 2.45) is 11.7 Å². The monoisotopic (exact) mass is 225 g/mol. The van der Waals surface area contributed by atoms with Crippen molar-refractivity contribution in [3.63, 3.8) is 0 Å². The fourth-order valence-electron chi connectivity index (χ4n) is 1.64. The Morgan fingerprint density at radius 3 is 2.44 bits per heavy atom. The minimum atomic E-state index is -0.681. The van der Waals surface area contributed by atoms with Crippen LogP contribution < -0.4 is 5.73 Å². The molecule has 2 atom stereocenters. The van der Waals surface area contributed by atoms with Crippen molar-refractivity contribution in [3.8, 4) is 0 Å². The highest BCUT2D eigenvalue weighted by Gasteiger charge is 2.19. The average molecular weight is 225 g/mol. The summed E-state index contributed by atoms with van der Waals surface area (Å²) in [5.41, 5.74) is 6.22. The maximum absolute atomic E-state index is 13.4. The van der Waals surface area contributed by atoms with E-state index in [4.69, 9.17) is 5.73 Å². The van der Waals surface area contributed by atoms with Gasteiger partial charge in [0, 0.05) is 5.56 Å². The molecule has 0 unspecified atom stereocenters. The fraction of sp³-hybridized carbons (Fsp3) is 0.538. The van der Waals surface area contributed by atoms with Crippen LogP contribution in [0, 0.1) is 11.7 Å². The van der Waals surface area contributed by atoms with E-state index in [1.54, 1.807) is 18.2 Å². The van der Waals surface area contributed by atoms with Crippen LogP contribution in [0.3, 0.4) is 0 Å². The summed E-state index contributed by atoms with van der Waals surface area (Å²) < 4.78 is 13.4. The van der Waals surface area contributed by atoms with Gasteiger partial charge in [0.15, 0.2) is 0 Å². The van der Waals surface area contributed by atoms with Gasteiger partial charge in [-0.15, -0.1) is 0 Å². The van der Waals surface area contributed by atoms with Crippen LogP contribution in [-0.4, -0.2) is 11.2 Å². The van der Waals surface area contributed by atoms with E-state index in [1.807, 2.05) is 0 Å². The van der Waals surface area contributed by atoms with Crippen LogP contribution in [0.25, 0.3) is 0 Å². The summed E-state index contributed by atoms with van der Waals surface area (Å²) in [5.74, 6) is 0.168. The van der Waals surface area contributed by atoms with Gasteiger partial charge in [0.25, 0.3) is 0 Å². The zero-order valence-electron chi connectivity index (χ0n) is 9.86. The molecule has 16 heavy (non-hydrogen) atoms. The molecule has 0 aliphatic carbocycles. The summed E-state index contributed by atoms with van der Waals surface area (Å²) in [6, 6.07) is 5.70. The normalized spacial score (nSPS) is 15.1. The third-order valence-electron chi connectivity index (χ3n) is 2.72. The van der Waals surface area contributed by atoms with E-state index in [-0.39, 0.29) is 5.82 Å². The number of nitrogens with two attached hydrogens (primary N) is 1. The molecule has 3 N–H and O–H groups in total. The molecule has 1 aromatic rings. The summed E-state index contributed by atoms with van der Waals surface area (Å²) in [6.45, 7) is 4.17. The van der Waals surface area contributed by atoms with Gasteiger partial charge in [0.2, 0.25) is 0 Å². The molecule has 0 saturated carbocycles. The van der Waals surface area contributed by atoms with Crippen molar-refractivity contribution in [1.82, 2.24) is 0 Å². The van der Waals surface area contributed by atoms with E-state index in [9.17, 15) is 9.50 Å². The van der Waals surface area contributed by atoms with Gasteiger partial charge in [0.05, 0.1) is 12.1 Å². The van der Waals surface area contributed by atoms with Crippen LogP contribution in [0.5, 0.6) is 0 Å². The first kappa shape index (κ1) is 13.1. The summed E-state index contributed by atoms with van der Waals surface area (Å²) in [6.07, 6.45) is 0.815. The number of hydrogen-bond acceptors (Lipinski definition) is 2. The Morgan fingerprint density at radius 2 is 1.88 bits per heavy atom. The Morgan fingerprint density at radius 1 is 1.25 bits per heavy atom. The highest BCUT2D eigenvalue weighted by molar-refractivity contribution is 5.21. The minimum Gasteiger partial charge on any atom is -0.391 e. The summed E-state index contributed by atoms with van der Waals surface area (Å²) in [5, 5.41) is 9.85. The Kier molecular flexibility index (Phi) is 4.90. The average Bonchev–Trinajstić information content (AvgIpc) is 2.25. The number of halogens is 1. The number of aliphatic hydroxyl groups is 1. The van der Waals surface area contributed by atoms with Crippen molar-refractivity contribution in [2.45, 2.75) is 38.8 Å². The molecular formula is C13H20FNO. The third kappa shape index (κ3) is 3.58. The van der Waals surface area contributed by atoms with E-state index in [2.05, 4.69) is 13.8 Å². The van der Waals surface area contributed by atoms with Crippen LogP contribution in [-0.2, 0) is 0 Å². The molecule has 1 aromatic carbocycles. The number of rotatable bonds is 5. The van der Waals surface area contributed by atoms with Crippen LogP contribution >= 0.6 is 0 Å². The molecule has 3 heteroatoms. The van der Waals surface area contributed by atoms with E-state index in [0.29, 0.717) is 17.9 Å². The second-order valence-corrected chi connectivity index (χ2v) is 4.59. The summed E-state index contributed by atoms with van der Waals surface area (Å²) in [7, 11) is 0. The minimum absolute atomic E-state index is 0.349. The largest absolute Gasteiger partial charge is 0.391 e. The molecule has 0 bridgehead atoms. The van der Waals surface area contributed by atoms with E-state index in [1.165, 1.54) is 6.07 Å². The SMILES string of the molecule is CC(C)CC[C@@H](O)[C@@H](N)c1ccccc1F. The topological polar surface area (TPSA) is 46.2 Å². The standard InChI is InChI=1S/C13H20FNO/c1-9(2)7-8-12(16)13(15)10-5-3-4-6-11(10)14/h3-6,9,12-13,16H,7-8,15H2,1-2H3/t12-,13+/m1/s1. The van der Waals surface area contributed by atoms with Gasteiger partial charge >= 0.3 is 0 Å². The van der Waals surface area contributed by atoms with Gasteiger partial charge in [-0.3, -0.25) is 0 Å². The van der Waals surface area contributed by atoms with Gasteiger partial charge in [0.1, 0.15) is 5.82 Å². The lowest BCUT2D eigenvalue weighted by Gasteiger charge is -2.20.